The first-order valence-electron chi connectivity index (χ1n) is 8.49. The number of carbonyl (C=O) groups excluding carboxylic acids is 1. The molecule has 1 aliphatic heterocycles. The van der Waals surface area contributed by atoms with Gasteiger partial charge in [-0.05, 0) is 25.8 Å². The fourth-order valence-electron chi connectivity index (χ4n) is 3.83. The van der Waals surface area contributed by atoms with E-state index in [0.717, 1.165) is 49.1 Å². The van der Waals surface area contributed by atoms with Crippen molar-refractivity contribution in [2.45, 2.75) is 44.6 Å². The highest BCUT2D eigenvalue weighted by Crippen LogP contribution is 2.40. The van der Waals surface area contributed by atoms with Crippen molar-refractivity contribution in [1.29, 1.82) is 0 Å². The number of aromatic nitrogens is 2. The summed E-state index contributed by atoms with van der Waals surface area (Å²) >= 11 is 0. The molecule has 2 aromatic rings. The van der Waals surface area contributed by atoms with E-state index in [-0.39, 0.29) is 17.4 Å². The molecule has 1 aromatic carbocycles. The number of hydrogen-bond donors (Lipinski definition) is 2. The molecule has 1 saturated carbocycles. The highest BCUT2D eigenvalue weighted by molar-refractivity contribution is 6.17. The van der Waals surface area contributed by atoms with Gasteiger partial charge in [0, 0.05) is 11.3 Å². The van der Waals surface area contributed by atoms with Crippen LogP contribution in [0.2, 0.25) is 0 Å². The topological polar surface area (TPSA) is 67.2 Å². The largest absolute Gasteiger partial charge is 0.507 e. The van der Waals surface area contributed by atoms with Crippen molar-refractivity contribution in [2.24, 2.45) is 0 Å². The lowest BCUT2D eigenvalue weighted by molar-refractivity contribution is -0.116. The number of hydrogen-bond acceptors (Lipinski definition) is 3. The van der Waals surface area contributed by atoms with Gasteiger partial charge in [0.05, 0.1) is 11.2 Å². The van der Waals surface area contributed by atoms with E-state index in [1.54, 1.807) is 4.68 Å². The summed E-state index contributed by atoms with van der Waals surface area (Å²) in [7, 11) is 0. The van der Waals surface area contributed by atoms with Gasteiger partial charge in [-0.2, -0.15) is 5.10 Å². The van der Waals surface area contributed by atoms with Crippen molar-refractivity contribution < 1.29 is 9.90 Å². The minimum atomic E-state index is -0.587. The van der Waals surface area contributed by atoms with E-state index in [1.165, 1.54) is 0 Å². The predicted molar refractivity (Wildman–Crippen MR) is 92.2 cm³/mol. The lowest BCUT2D eigenvalue weighted by Crippen LogP contribution is -2.46. The smallest absolute Gasteiger partial charge is 0.274 e. The second-order valence-electron chi connectivity index (χ2n) is 6.74. The van der Waals surface area contributed by atoms with Crippen molar-refractivity contribution in [3.63, 3.8) is 0 Å². The van der Waals surface area contributed by atoms with Crippen molar-refractivity contribution in [3.05, 3.63) is 47.9 Å². The average Bonchev–Trinajstić information content (AvgIpc) is 3.08. The molecule has 124 valence electrons. The third-order valence-corrected chi connectivity index (χ3v) is 5.12. The van der Waals surface area contributed by atoms with Gasteiger partial charge < -0.3 is 10.4 Å². The first-order valence-corrected chi connectivity index (χ1v) is 8.49. The van der Waals surface area contributed by atoms with E-state index in [2.05, 4.69) is 10.4 Å². The minimum absolute atomic E-state index is 0.151. The number of aliphatic hydroxyl groups excluding tert-OH is 1. The van der Waals surface area contributed by atoms with Gasteiger partial charge in [-0.3, -0.25) is 4.79 Å². The number of aryl methyl sites for hydroxylation is 1. The Hall–Kier alpha value is -2.56. The van der Waals surface area contributed by atoms with Gasteiger partial charge in [-0.15, -0.1) is 0 Å². The minimum Gasteiger partial charge on any atom is -0.507 e. The van der Waals surface area contributed by atoms with Crippen LogP contribution in [0.1, 0.15) is 37.8 Å². The number of aliphatic hydroxyl groups is 1. The van der Waals surface area contributed by atoms with E-state index >= 15 is 0 Å². The Bertz CT molecular complexity index is 814. The fraction of sp³-hybridized carbons (Fsp3) is 0.368. The van der Waals surface area contributed by atoms with Crippen LogP contribution in [-0.4, -0.2) is 26.3 Å². The Kier molecular flexibility index (Phi) is 3.44. The van der Waals surface area contributed by atoms with E-state index in [0.29, 0.717) is 0 Å². The Morgan fingerprint density at radius 3 is 2.58 bits per heavy atom. The summed E-state index contributed by atoms with van der Waals surface area (Å²) in [5.41, 5.74) is 2.31. The molecule has 0 bridgehead atoms. The lowest BCUT2D eigenvalue weighted by atomic mass is 9.81. The summed E-state index contributed by atoms with van der Waals surface area (Å²) < 4.78 is 1.58. The third kappa shape index (κ3) is 2.23. The molecular formula is C19H21N3O2. The maximum Gasteiger partial charge on any atom is 0.274 e. The fourth-order valence-corrected chi connectivity index (χ4v) is 3.83. The number of nitrogens with one attached hydrogen (secondary N) is 1. The molecule has 0 radical (unpaired) electrons. The second kappa shape index (κ2) is 5.51. The zero-order chi connectivity index (χ0) is 16.7. The van der Waals surface area contributed by atoms with Crippen LogP contribution >= 0.6 is 0 Å². The van der Waals surface area contributed by atoms with Gasteiger partial charge in [-0.25, -0.2) is 4.68 Å². The highest BCUT2D eigenvalue weighted by atomic mass is 16.3. The summed E-state index contributed by atoms with van der Waals surface area (Å²) in [5.74, 6) is -0.0850. The van der Waals surface area contributed by atoms with Gasteiger partial charge >= 0.3 is 0 Å². The monoisotopic (exact) mass is 323 g/mol. The quantitative estimate of drug-likeness (QED) is 0.890. The maximum atomic E-state index is 12.6. The SMILES string of the molecule is Cc1cc(-c2ccccc2)nn1C1=C(O)C2(CCCCC2)NC1=O. The molecule has 24 heavy (non-hydrogen) atoms. The molecule has 2 N–H and O–H groups in total. The van der Waals surface area contributed by atoms with E-state index < -0.39 is 5.54 Å². The van der Waals surface area contributed by atoms with Crippen LogP contribution < -0.4 is 5.32 Å². The third-order valence-electron chi connectivity index (χ3n) is 5.12. The molecule has 0 saturated heterocycles. The molecule has 5 nitrogen and oxygen atoms in total. The van der Waals surface area contributed by atoms with Gasteiger partial charge in [0.15, 0.2) is 5.70 Å². The van der Waals surface area contributed by atoms with Crippen molar-refractivity contribution in [3.8, 4) is 11.3 Å². The van der Waals surface area contributed by atoms with Crippen LogP contribution in [0.15, 0.2) is 42.2 Å². The molecule has 4 rings (SSSR count). The Balaban J connectivity index is 1.78. The summed E-state index contributed by atoms with van der Waals surface area (Å²) in [6, 6.07) is 11.8. The van der Waals surface area contributed by atoms with E-state index in [1.807, 2.05) is 43.3 Å². The molecule has 1 spiro atoms. The summed E-state index contributed by atoms with van der Waals surface area (Å²) in [6.07, 6.45) is 4.77. The second-order valence-corrected chi connectivity index (χ2v) is 6.74. The number of benzene rings is 1. The highest BCUT2D eigenvalue weighted by Gasteiger charge is 2.47. The predicted octanol–water partition coefficient (Wildman–Crippen LogP) is 3.42. The zero-order valence-corrected chi connectivity index (χ0v) is 13.7. The normalized spacial score (nSPS) is 19.8. The Morgan fingerprint density at radius 1 is 1.17 bits per heavy atom. The standard InChI is InChI=1S/C19H21N3O2/c1-13-12-15(14-8-4-2-5-9-14)21-22(13)16-17(23)19(20-18(16)24)10-6-3-7-11-19/h2,4-5,8-9,12,23H,3,6-7,10-11H2,1H3,(H,20,24). The Morgan fingerprint density at radius 2 is 1.88 bits per heavy atom. The molecule has 1 fully saturated rings. The van der Waals surface area contributed by atoms with E-state index in [4.69, 9.17) is 0 Å². The zero-order valence-electron chi connectivity index (χ0n) is 13.7. The van der Waals surface area contributed by atoms with Crippen molar-refractivity contribution >= 4 is 11.6 Å². The van der Waals surface area contributed by atoms with Crippen LogP contribution in [0.3, 0.4) is 0 Å². The molecular weight excluding hydrogens is 302 g/mol. The van der Waals surface area contributed by atoms with Crippen LogP contribution in [0, 0.1) is 6.92 Å². The maximum absolute atomic E-state index is 12.6. The van der Waals surface area contributed by atoms with Gasteiger partial charge in [0.25, 0.3) is 5.91 Å². The number of amides is 1. The average molecular weight is 323 g/mol. The molecule has 2 aliphatic rings. The summed E-state index contributed by atoms with van der Waals surface area (Å²) in [6.45, 7) is 1.90. The molecule has 1 aliphatic carbocycles. The molecule has 5 heteroatoms. The van der Waals surface area contributed by atoms with Gasteiger partial charge in [0.1, 0.15) is 5.76 Å². The van der Waals surface area contributed by atoms with E-state index in [9.17, 15) is 9.90 Å². The van der Waals surface area contributed by atoms with Crippen LogP contribution in [0.25, 0.3) is 17.0 Å². The lowest BCUT2D eigenvalue weighted by Gasteiger charge is -2.33. The van der Waals surface area contributed by atoms with Gasteiger partial charge in [-0.1, -0.05) is 49.6 Å². The number of rotatable bonds is 2. The first kappa shape index (κ1) is 15.0. The molecule has 0 unspecified atom stereocenters. The number of nitrogens with zero attached hydrogens (tertiary/aromatic N) is 2. The summed E-state index contributed by atoms with van der Waals surface area (Å²) in [4.78, 5) is 12.6. The molecule has 2 heterocycles. The first-order chi connectivity index (χ1) is 11.6. The molecule has 0 atom stereocenters. The molecule has 1 amide bonds. The van der Waals surface area contributed by atoms with Gasteiger partial charge in [0.2, 0.25) is 0 Å². The van der Waals surface area contributed by atoms with Crippen molar-refractivity contribution in [1.82, 2.24) is 15.1 Å². The van der Waals surface area contributed by atoms with Crippen LogP contribution in [-0.2, 0) is 4.79 Å². The number of carbonyl (C=O) groups is 1. The Labute approximate surface area is 141 Å². The molecule has 1 aromatic heterocycles. The van der Waals surface area contributed by atoms with Crippen LogP contribution in [0.4, 0.5) is 0 Å². The van der Waals surface area contributed by atoms with Crippen molar-refractivity contribution in [2.75, 3.05) is 0 Å². The summed E-state index contributed by atoms with van der Waals surface area (Å²) in [5, 5.41) is 18.4. The van der Waals surface area contributed by atoms with Crippen LogP contribution in [0.5, 0.6) is 0 Å².